The Hall–Kier alpha value is -4.49. The summed E-state index contributed by atoms with van der Waals surface area (Å²) in [5, 5.41) is 5.07. The van der Waals surface area contributed by atoms with Crippen LogP contribution in [0.5, 0.6) is 0 Å². The lowest BCUT2D eigenvalue weighted by molar-refractivity contribution is -0.138. The first-order chi connectivity index (χ1) is 18.8. The number of ether oxygens (including phenoxy) is 1. The Morgan fingerprint density at radius 3 is 2.05 bits per heavy atom. The zero-order valence-electron chi connectivity index (χ0n) is 20.5. The van der Waals surface area contributed by atoms with Crippen molar-refractivity contribution in [3.05, 3.63) is 95.1 Å². The van der Waals surface area contributed by atoms with Crippen molar-refractivity contribution in [1.29, 1.82) is 0 Å². The molecule has 7 nitrogen and oxygen atoms in total. The van der Waals surface area contributed by atoms with E-state index in [4.69, 9.17) is 4.74 Å². The van der Waals surface area contributed by atoms with E-state index in [1.54, 1.807) is 0 Å². The van der Waals surface area contributed by atoms with Crippen LogP contribution in [0.2, 0.25) is 0 Å². The number of anilines is 1. The molecule has 0 fully saturated rings. The van der Waals surface area contributed by atoms with Crippen molar-refractivity contribution in [2.24, 2.45) is 5.10 Å². The number of imide groups is 1. The van der Waals surface area contributed by atoms with Crippen LogP contribution in [-0.4, -0.2) is 41.0 Å². The van der Waals surface area contributed by atoms with E-state index in [1.807, 2.05) is 0 Å². The van der Waals surface area contributed by atoms with E-state index in [2.05, 4.69) is 10.1 Å². The highest BCUT2D eigenvalue weighted by atomic mass is 19.4. The number of halogens is 7. The van der Waals surface area contributed by atoms with E-state index >= 15 is 0 Å². The van der Waals surface area contributed by atoms with Crippen LogP contribution in [0.1, 0.15) is 35.2 Å². The molecular weight excluding hydrogens is 549 g/mol. The second-order valence-electron chi connectivity index (χ2n) is 8.46. The number of amides is 3. The minimum atomic E-state index is -4.66. The predicted molar refractivity (Wildman–Crippen MR) is 128 cm³/mol. The van der Waals surface area contributed by atoms with Crippen LogP contribution in [0.4, 0.5) is 46.0 Å². The Kier molecular flexibility index (Phi) is 7.80. The number of hydrazone groups is 1. The summed E-state index contributed by atoms with van der Waals surface area (Å²) < 4.78 is 96.8. The monoisotopic (exact) mass is 568 g/mol. The number of carbonyl (C=O) groups is 2. The first-order valence-corrected chi connectivity index (χ1v) is 11.6. The van der Waals surface area contributed by atoms with Crippen LogP contribution in [-0.2, 0) is 17.1 Å². The molecule has 210 valence electrons. The summed E-state index contributed by atoms with van der Waals surface area (Å²) in [6.45, 7) is 0.992. The molecule has 2 heterocycles. The van der Waals surface area contributed by atoms with Gasteiger partial charge in [-0.2, -0.15) is 36.3 Å². The molecule has 1 aliphatic rings. The van der Waals surface area contributed by atoms with E-state index < -0.39 is 47.3 Å². The first-order valence-electron chi connectivity index (χ1n) is 11.6. The number of alkyl halides is 6. The molecule has 1 aliphatic heterocycles. The second kappa shape index (κ2) is 10.9. The van der Waals surface area contributed by atoms with E-state index in [0.717, 1.165) is 41.4 Å². The fraction of sp³-hybridized carbons (Fsp3) is 0.231. The topological polar surface area (TPSA) is 75.1 Å². The number of hydrogen-bond donors (Lipinski definition) is 0. The summed E-state index contributed by atoms with van der Waals surface area (Å²) in [5.74, 6) is -1.47. The number of carbonyl (C=O) groups excluding carboxylic acids is 2. The fourth-order valence-electron chi connectivity index (χ4n) is 3.91. The minimum absolute atomic E-state index is 0.101. The lowest BCUT2D eigenvalue weighted by atomic mass is 9.94. The van der Waals surface area contributed by atoms with Gasteiger partial charge in [0, 0.05) is 6.20 Å². The lowest BCUT2D eigenvalue weighted by Gasteiger charge is -2.24. The number of pyridine rings is 1. The van der Waals surface area contributed by atoms with Crippen molar-refractivity contribution >= 4 is 23.5 Å². The van der Waals surface area contributed by atoms with Crippen LogP contribution in [0.25, 0.3) is 0 Å². The van der Waals surface area contributed by atoms with Crippen LogP contribution in [0.15, 0.2) is 72.0 Å². The van der Waals surface area contributed by atoms with Crippen molar-refractivity contribution < 1.29 is 45.1 Å². The van der Waals surface area contributed by atoms with E-state index in [1.165, 1.54) is 19.1 Å². The van der Waals surface area contributed by atoms with Gasteiger partial charge in [0.15, 0.2) is 0 Å². The van der Waals surface area contributed by atoms with Crippen LogP contribution >= 0.6 is 0 Å². The van der Waals surface area contributed by atoms with E-state index in [9.17, 15) is 40.3 Å². The van der Waals surface area contributed by atoms with Crippen LogP contribution in [0, 0.1) is 5.82 Å². The Labute approximate surface area is 222 Å². The second-order valence-corrected chi connectivity index (χ2v) is 8.46. The molecule has 0 saturated carbocycles. The highest BCUT2D eigenvalue weighted by molar-refractivity contribution is 6.13. The van der Waals surface area contributed by atoms with Crippen molar-refractivity contribution in [3.8, 4) is 0 Å². The number of urea groups is 1. The molecule has 1 aromatic heterocycles. The van der Waals surface area contributed by atoms with E-state index in [-0.39, 0.29) is 30.2 Å². The van der Waals surface area contributed by atoms with E-state index in [0.29, 0.717) is 28.8 Å². The minimum Gasteiger partial charge on any atom is -0.449 e. The molecule has 0 spiro atoms. The van der Waals surface area contributed by atoms with Crippen LogP contribution < -0.4 is 4.90 Å². The lowest BCUT2D eigenvalue weighted by Crippen LogP contribution is -2.44. The Morgan fingerprint density at radius 2 is 1.52 bits per heavy atom. The normalized spacial score (nSPS) is 15.6. The quantitative estimate of drug-likeness (QED) is 0.323. The summed E-state index contributed by atoms with van der Waals surface area (Å²) in [6, 6.07) is 8.92. The van der Waals surface area contributed by atoms with Gasteiger partial charge in [-0.15, -0.1) is 0 Å². The smallest absolute Gasteiger partial charge is 0.422 e. The van der Waals surface area contributed by atoms with Gasteiger partial charge in [0.1, 0.15) is 5.82 Å². The largest absolute Gasteiger partial charge is 0.449 e. The van der Waals surface area contributed by atoms with Crippen molar-refractivity contribution in [2.45, 2.75) is 25.2 Å². The van der Waals surface area contributed by atoms with Crippen LogP contribution in [0.3, 0.4) is 0 Å². The summed E-state index contributed by atoms with van der Waals surface area (Å²) in [4.78, 5) is 30.6. The average Bonchev–Trinajstić information content (AvgIpc) is 3.34. The van der Waals surface area contributed by atoms with Gasteiger partial charge in [-0.3, -0.25) is 4.98 Å². The summed E-state index contributed by atoms with van der Waals surface area (Å²) in [5.41, 5.74) is -1.70. The van der Waals surface area contributed by atoms with Gasteiger partial charge in [-0.25, -0.2) is 19.0 Å². The molecule has 14 heteroatoms. The van der Waals surface area contributed by atoms with Crippen molar-refractivity contribution in [3.63, 3.8) is 0 Å². The maximum Gasteiger partial charge on any atom is 0.422 e. The SMILES string of the molecule is CCOC(=O)N(C(=O)N1CC(c2ccc(C(F)(F)F)cn2)C(c2ccc(F)cc2)=N1)c1ccc(C(F)(F)F)cc1. The van der Waals surface area contributed by atoms with Crippen molar-refractivity contribution in [2.75, 3.05) is 18.1 Å². The molecular formula is C26H19F7N4O3. The molecule has 3 amide bonds. The zero-order chi connectivity index (χ0) is 29.2. The molecule has 0 bridgehead atoms. The average molecular weight is 568 g/mol. The highest BCUT2D eigenvalue weighted by Gasteiger charge is 2.39. The van der Waals surface area contributed by atoms with Crippen molar-refractivity contribution in [1.82, 2.24) is 9.99 Å². The number of rotatable bonds is 4. The molecule has 1 atom stereocenters. The molecule has 40 heavy (non-hydrogen) atoms. The molecule has 2 aromatic carbocycles. The molecule has 4 rings (SSSR count). The van der Waals surface area contributed by atoms with Gasteiger partial charge in [0.25, 0.3) is 0 Å². The molecule has 3 aromatic rings. The molecule has 0 radical (unpaired) electrons. The van der Waals surface area contributed by atoms with Gasteiger partial charge in [-0.05, 0) is 61.0 Å². The molecule has 0 aliphatic carbocycles. The highest BCUT2D eigenvalue weighted by Crippen LogP contribution is 2.34. The Morgan fingerprint density at radius 1 is 0.925 bits per heavy atom. The van der Waals surface area contributed by atoms with Gasteiger partial charge in [0.05, 0.1) is 47.3 Å². The Bertz CT molecular complexity index is 1400. The standard InChI is InChI=1S/C26H19F7N4O3/c1-2-40-24(39)37(19-10-5-16(6-11-19)25(28,29)30)23(38)36-14-20(21-12-7-17(13-34-21)26(31,32)33)22(35-36)15-3-8-18(27)9-4-15/h3-13,20H,2,14H2,1H3. The third kappa shape index (κ3) is 6.05. The van der Waals surface area contributed by atoms with Gasteiger partial charge >= 0.3 is 24.5 Å². The van der Waals surface area contributed by atoms with Gasteiger partial charge < -0.3 is 4.74 Å². The maximum atomic E-state index is 13.6. The van der Waals surface area contributed by atoms with Gasteiger partial charge in [0.2, 0.25) is 0 Å². The zero-order valence-corrected chi connectivity index (χ0v) is 20.5. The maximum absolute atomic E-state index is 13.6. The molecule has 1 unspecified atom stereocenters. The number of aromatic nitrogens is 1. The van der Waals surface area contributed by atoms with Gasteiger partial charge in [-0.1, -0.05) is 12.1 Å². The molecule has 0 N–H and O–H groups in total. The molecule has 0 saturated heterocycles. The summed E-state index contributed by atoms with van der Waals surface area (Å²) >= 11 is 0. The first kappa shape index (κ1) is 28.5. The predicted octanol–water partition coefficient (Wildman–Crippen LogP) is 6.84. The fourth-order valence-corrected chi connectivity index (χ4v) is 3.91. The number of nitrogens with zero attached hydrogens (tertiary/aromatic N) is 4. The number of benzene rings is 2. The summed E-state index contributed by atoms with van der Waals surface area (Å²) in [7, 11) is 0. The Balaban J connectivity index is 1.72. The third-order valence-electron chi connectivity index (χ3n) is 5.84. The third-order valence-corrected chi connectivity index (χ3v) is 5.84. The summed E-state index contributed by atoms with van der Waals surface area (Å²) in [6.07, 6.45) is -9.88. The number of hydrogen-bond acceptors (Lipinski definition) is 5.